The summed E-state index contributed by atoms with van der Waals surface area (Å²) in [7, 11) is 0. The highest BCUT2D eigenvalue weighted by atomic mass is 79.9. The molecule has 0 unspecified atom stereocenters. The number of nitrogens with one attached hydrogen (secondary N) is 1. The summed E-state index contributed by atoms with van der Waals surface area (Å²) in [5, 5.41) is 0.948. The molecule has 0 saturated heterocycles. The number of hydrogen-bond donors (Lipinski definition) is 1. The van der Waals surface area contributed by atoms with E-state index in [4.69, 9.17) is 0 Å². The highest BCUT2D eigenvalue weighted by molar-refractivity contribution is 9.10. The Labute approximate surface area is 126 Å². The third kappa shape index (κ3) is 2.08. The normalized spacial score (nSPS) is 10.9. The zero-order valence-electron chi connectivity index (χ0n) is 11.3. The number of H-pyrrole nitrogens is 1. The molecule has 0 aliphatic heterocycles. The van der Waals surface area contributed by atoms with E-state index in [1.54, 1.807) is 0 Å². The maximum absolute atomic E-state index is 11.5. The number of hydrogen-bond acceptors (Lipinski definition) is 1. The van der Waals surface area contributed by atoms with Gasteiger partial charge in [0, 0.05) is 26.5 Å². The summed E-state index contributed by atoms with van der Waals surface area (Å²) in [5.74, 6) is 0. The van der Waals surface area contributed by atoms with Crippen molar-refractivity contribution < 1.29 is 4.79 Å². The average molecular weight is 328 g/mol. The topological polar surface area (TPSA) is 32.9 Å². The third-order valence-electron chi connectivity index (χ3n) is 3.57. The van der Waals surface area contributed by atoms with E-state index in [1.165, 1.54) is 11.1 Å². The molecule has 0 radical (unpaired) electrons. The second-order valence-corrected chi connectivity index (χ2v) is 5.96. The lowest BCUT2D eigenvalue weighted by Gasteiger charge is -2.06. The molecule has 0 saturated carbocycles. The molecule has 3 heteroatoms. The highest BCUT2D eigenvalue weighted by Gasteiger charge is 2.14. The van der Waals surface area contributed by atoms with Crippen molar-refractivity contribution in [1.29, 1.82) is 0 Å². The summed E-state index contributed by atoms with van der Waals surface area (Å²) in [6.07, 6.45) is 0.930. The number of carbonyl (C=O) groups is 1. The molecule has 1 N–H and O–H groups in total. The van der Waals surface area contributed by atoms with Crippen LogP contribution in [0.5, 0.6) is 0 Å². The van der Waals surface area contributed by atoms with Crippen molar-refractivity contribution in [3.8, 4) is 11.3 Å². The van der Waals surface area contributed by atoms with Crippen LogP contribution in [-0.2, 0) is 0 Å². The van der Waals surface area contributed by atoms with Crippen molar-refractivity contribution >= 4 is 33.1 Å². The number of halogens is 1. The lowest BCUT2D eigenvalue weighted by Crippen LogP contribution is -1.89. The van der Waals surface area contributed by atoms with Crippen LogP contribution in [0.1, 0.15) is 21.5 Å². The summed E-state index contributed by atoms with van der Waals surface area (Å²) in [5.41, 5.74) is 6.05. The van der Waals surface area contributed by atoms with Gasteiger partial charge in [-0.15, -0.1) is 0 Å². The number of aldehydes is 1. The smallest absolute Gasteiger partial charge is 0.152 e. The Morgan fingerprint density at radius 3 is 2.60 bits per heavy atom. The van der Waals surface area contributed by atoms with Gasteiger partial charge in [0.15, 0.2) is 6.29 Å². The minimum atomic E-state index is 0.716. The Balaban J connectivity index is 2.33. The molecule has 0 atom stereocenters. The van der Waals surface area contributed by atoms with Gasteiger partial charge in [-0.3, -0.25) is 4.79 Å². The second kappa shape index (κ2) is 4.91. The van der Waals surface area contributed by atoms with Crippen LogP contribution in [0.4, 0.5) is 0 Å². The first kappa shape index (κ1) is 13.1. The molecule has 3 rings (SSSR count). The van der Waals surface area contributed by atoms with Crippen LogP contribution in [0.3, 0.4) is 0 Å². The molecule has 0 fully saturated rings. The van der Waals surface area contributed by atoms with Crippen molar-refractivity contribution in [3.05, 3.63) is 57.6 Å². The van der Waals surface area contributed by atoms with Gasteiger partial charge in [-0.05, 0) is 37.6 Å². The molecule has 0 spiro atoms. The van der Waals surface area contributed by atoms with Gasteiger partial charge in [0.05, 0.1) is 5.69 Å². The first-order valence-electron chi connectivity index (χ1n) is 6.44. The number of benzene rings is 2. The molecular weight excluding hydrogens is 314 g/mol. The van der Waals surface area contributed by atoms with Gasteiger partial charge in [-0.1, -0.05) is 39.7 Å². The van der Waals surface area contributed by atoms with Crippen LogP contribution >= 0.6 is 15.9 Å². The Morgan fingerprint density at radius 2 is 1.90 bits per heavy atom. The van der Waals surface area contributed by atoms with E-state index in [-0.39, 0.29) is 0 Å². The Morgan fingerprint density at radius 1 is 1.10 bits per heavy atom. The number of aromatic amines is 1. The number of carbonyl (C=O) groups excluding carboxylic acids is 1. The number of aromatic nitrogens is 1. The Kier molecular flexibility index (Phi) is 3.22. The van der Waals surface area contributed by atoms with E-state index in [1.807, 2.05) is 18.2 Å². The average Bonchev–Trinajstić information content (AvgIpc) is 2.76. The van der Waals surface area contributed by atoms with Gasteiger partial charge in [-0.2, -0.15) is 0 Å². The summed E-state index contributed by atoms with van der Waals surface area (Å²) in [6.45, 7) is 4.14. The van der Waals surface area contributed by atoms with E-state index < -0.39 is 0 Å². The minimum Gasteiger partial charge on any atom is -0.354 e. The standard InChI is InChI=1S/C17H14BrNO/c1-10-3-5-13(11(2)7-10)17-15(9-20)14-8-12(18)4-6-16(14)19-17/h3-9,19H,1-2H3. The molecule has 0 bridgehead atoms. The largest absolute Gasteiger partial charge is 0.354 e. The van der Waals surface area contributed by atoms with Gasteiger partial charge in [-0.25, -0.2) is 0 Å². The number of rotatable bonds is 2. The van der Waals surface area contributed by atoms with E-state index in [9.17, 15) is 4.79 Å². The monoisotopic (exact) mass is 327 g/mol. The zero-order chi connectivity index (χ0) is 14.3. The molecule has 0 aliphatic rings. The second-order valence-electron chi connectivity index (χ2n) is 5.04. The minimum absolute atomic E-state index is 0.716. The van der Waals surface area contributed by atoms with Crippen LogP contribution in [0, 0.1) is 13.8 Å². The van der Waals surface area contributed by atoms with E-state index in [0.29, 0.717) is 5.56 Å². The first-order valence-corrected chi connectivity index (χ1v) is 7.23. The SMILES string of the molecule is Cc1ccc(-c2[nH]c3ccc(Br)cc3c2C=O)c(C)c1. The maximum atomic E-state index is 11.5. The maximum Gasteiger partial charge on any atom is 0.152 e. The van der Waals surface area contributed by atoms with Gasteiger partial charge in [0.1, 0.15) is 0 Å². The molecule has 100 valence electrons. The fourth-order valence-corrected chi connectivity index (χ4v) is 2.97. The Bertz CT molecular complexity index is 817. The number of aryl methyl sites for hydroxylation is 2. The Hall–Kier alpha value is -1.87. The van der Waals surface area contributed by atoms with Crippen molar-refractivity contribution in [2.24, 2.45) is 0 Å². The van der Waals surface area contributed by atoms with Gasteiger partial charge in [0.2, 0.25) is 0 Å². The predicted octanol–water partition coefficient (Wildman–Crippen LogP) is 5.03. The van der Waals surface area contributed by atoms with Crippen LogP contribution < -0.4 is 0 Å². The molecule has 2 aromatic carbocycles. The van der Waals surface area contributed by atoms with Crippen LogP contribution in [0.25, 0.3) is 22.2 Å². The third-order valence-corrected chi connectivity index (χ3v) is 4.06. The van der Waals surface area contributed by atoms with E-state index >= 15 is 0 Å². The van der Waals surface area contributed by atoms with E-state index in [0.717, 1.165) is 32.9 Å². The molecule has 1 aromatic heterocycles. The first-order chi connectivity index (χ1) is 9.60. The summed E-state index contributed by atoms with van der Waals surface area (Å²) >= 11 is 3.46. The zero-order valence-corrected chi connectivity index (χ0v) is 12.9. The van der Waals surface area contributed by atoms with Crippen LogP contribution in [0.15, 0.2) is 40.9 Å². The molecule has 1 heterocycles. The van der Waals surface area contributed by atoms with Crippen LogP contribution in [0.2, 0.25) is 0 Å². The molecule has 0 amide bonds. The molecular formula is C17H14BrNO. The lowest BCUT2D eigenvalue weighted by molar-refractivity contribution is 0.112. The van der Waals surface area contributed by atoms with Crippen molar-refractivity contribution in [2.45, 2.75) is 13.8 Å². The molecule has 0 aliphatic carbocycles. The van der Waals surface area contributed by atoms with Gasteiger partial charge in [0.25, 0.3) is 0 Å². The van der Waals surface area contributed by atoms with E-state index in [2.05, 4.69) is 53.0 Å². The van der Waals surface area contributed by atoms with Crippen molar-refractivity contribution in [1.82, 2.24) is 4.98 Å². The fourth-order valence-electron chi connectivity index (χ4n) is 2.61. The van der Waals surface area contributed by atoms with Crippen molar-refractivity contribution in [2.75, 3.05) is 0 Å². The lowest BCUT2D eigenvalue weighted by atomic mass is 10.00. The van der Waals surface area contributed by atoms with Gasteiger partial charge < -0.3 is 4.98 Å². The molecule has 3 aromatic rings. The van der Waals surface area contributed by atoms with Crippen LogP contribution in [-0.4, -0.2) is 11.3 Å². The summed E-state index contributed by atoms with van der Waals surface area (Å²) in [4.78, 5) is 14.9. The van der Waals surface area contributed by atoms with Crippen molar-refractivity contribution in [3.63, 3.8) is 0 Å². The predicted molar refractivity (Wildman–Crippen MR) is 86.3 cm³/mol. The highest BCUT2D eigenvalue weighted by Crippen LogP contribution is 2.32. The summed E-state index contributed by atoms with van der Waals surface area (Å²) < 4.78 is 0.972. The fraction of sp³-hybridized carbons (Fsp3) is 0.118. The molecule has 2 nitrogen and oxygen atoms in total. The quantitative estimate of drug-likeness (QED) is 0.658. The van der Waals surface area contributed by atoms with Gasteiger partial charge >= 0.3 is 0 Å². The number of fused-ring (bicyclic) bond motifs is 1. The molecule has 20 heavy (non-hydrogen) atoms. The summed E-state index contributed by atoms with van der Waals surface area (Å²) in [6, 6.07) is 12.2.